The van der Waals surface area contributed by atoms with Crippen LogP contribution in [0.2, 0.25) is 0 Å². The largest absolute Gasteiger partial charge is 0.307 e. The molecule has 0 saturated heterocycles. The highest BCUT2D eigenvalue weighted by atomic mass is 15.1. The van der Waals surface area contributed by atoms with Crippen molar-refractivity contribution in [3.63, 3.8) is 0 Å². The zero-order valence-corrected chi connectivity index (χ0v) is 57.5. The van der Waals surface area contributed by atoms with Gasteiger partial charge in [0.1, 0.15) is 11.6 Å². The molecule has 496 valence electrons. The van der Waals surface area contributed by atoms with Gasteiger partial charge in [0.2, 0.25) is 0 Å². The fraction of sp³-hybridized carbons (Fsp3) is 0. The number of hydrogen-bond acceptors (Lipinski definition) is 4. The van der Waals surface area contributed by atoms with Crippen LogP contribution in [-0.2, 0) is 0 Å². The lowest BCUT2D eigenvalue weighted by Crippen LogP contribution is -2.04. The third-order valence-electron chi connectivity index (χ3n) is 20.7. The van der Waals surface area contributed by atoms with Gasteiger partial charge in [-0.05, 0) is 88.0 Å². The molecule has 0 amide bonds. The van der Waals surface area contributed by atoms with Crippen LogP contribution < -0.4 is 0 Å². The molecule has 0 aliphatic heterocycles. The summed E-state index contributed by atoms with van der Waals surface area (Å²) in [6.07, 6.45) is 0. The van der Waals surface area contributed by atoms with Crippen molar-refractivity contribution in [3.05, 3.63) is 388 Å². The van der Waals surface area contributed by atoms with Gasteiger partial charge in [0.25, 0.3) is 0 Å². The number of para-hydroxylation sites is 6. The Morgan fingerprint density at radius 1 is 0.160 bits per heavy atom. The van der Waals surface area contributed by atoms with Crippen LogP contribution in [0.3, 0.4) is 0 Å². The second-order valence-electron chi connectivity index (χ2n) is 26.9. The SMILES string of the molecule is c1ccc(-c2ccc(-c3cc(-n4c5ccccc5c5ccc6c7ccccc7n(-c7ccccc7)c6c54)nc(-c4ccc(-c5ccccc5)cc4)n3)cc2)cc1.c1ccc(-c2cccc(-c3nc(-c4ccccc4)cc(-n4c5ccccc5c5ccc6c7ccccc7n(-c7ccccc7)c6c54)n3)c2)cc1. The van der Waals surface area contributed by atoms with Crippen molar-refractivity contribution in [1.82, 2.24) is 38.2 Å². The molecular formula is C98H64N8. The Hall–Kier alpha value is -14.3. The predicted octanol–water partition coefficient (Wildman–Crippen LogP) is 25.0. The summed E-state index contributed by atoms with van der Waals surface area (Å²) in [6.45, 7) is 0. The van der Waals surface area contributed by atoms with Crippen LogP contribution in [0.1, 0.15) is 0 Å². The summed E-state index contributed by atoms with van der Waals surface area (Å²) in [6, 6.07) is 137. The molecule has 6 aromatic heterocycles. The third kappa shape index (κ3) is 10.6. The van der Waals surface area contributed by atoms with E-state index in [1.165, 1.54) is 70.8 Å². The van der Waals surface area contributed by atoms with E-state index in [4.69, 9.17) is 19.9 Å². The van der Waals surface area contributed by atoms with Gasteiger partial charge in [0, 0.05) is 88.9 Å². The normalized spacial score (nSPS) is 11.6. The highest BCUT2D eigenvalue weighted by Crippen LogP contribution is 2.45. The maximum Gasteiger partial charge on any atom is 0.162 e. The standard InChI is InChI=1S/C52H34N4.C46H30N4/c1-4-14-35(15-5-1)37-24-28-39(29-25-37)46-34-49(54-52(53-46)40-30-26-38(27-31-40)36-16-6-2-7-17-36)56-48-23-13-11-21-43(48)45-33-32-44-42-20-10-12-22-47(42)55(50(44)51(45)56)41-18-8-3-9-19-41;1-4-15-31(16-5-1)33-19-14-20-34(29-33)46-47-40(32-17-6-2-7-18-32)30-43(48-46)50-42-26-13-11-24-37(42)39-28-27-38-36-23-10-12-25-41(36)49(44(38)45(39)50)35-21-8-3-9-22-35/h1-34H;1-30H. The van der Waals surface area contributed by atoms with Gasteiger partial charge in [-0.2, -0.15) is 0 Å². The molecular weight excluding hydrogens is 1290 g/mol. The summed E-state index contributed by atoms with van der Waals surface area (Å²) in [5, 5.41) is 9.55. The lowest BCUT2D eigenvalue weighted by Gasteiger charge is -2.14. The summed E-state index contributed by atoms with van der Waals surface area (Å²) < 4.78 is 9.53. The zero-order chi connectivity index (χ0) is 70.0. The summed E-state index contributed by atoms with van der Waals surface area (Å²) in [5.74, 6) is 2.99. The molecule has 0 bridgehead atoms. The van der Waals surface area contributed by atoms with Crippen LogP contribution in [0.15, 0.2) is 388 Å². The zero-order valence-electron chi connectivity index (χ0n) is 57.5. The van der Waals surface area contributed by atoms with Crippen molar-refractivity contribution in [2.45, 2.75) is 0 Å². The highest BCUT2D eigenvalue weighted by molar-refractivity contribution is 6.25. The summed E-state index contributed by atoms with van der Waals surface area (Å²) >= 11 is 0. The average molecular weight is 1350 g/mol. The molecule has 15 aromatic carbocycles. The maximum atomic E-state index is 5.45. The fourth-order valence-electron chi connectivity index (χ4n) is 15.8. The minimum atomic E-state index is 0.672. The fourth-order valence-corrected chi connectivity index (χ4v) is 15.8. The monoisotopic (exact) mass is 1350 g/mol. The molecule has 8 heteroatoms. The van der Waals surface area contributed by atoms with E-state index in [1.54, 1.807) is 0 Å². The second kappa shape index (κ2) is 25.9. The summed E-state index contributed by atoms with van der Waals surface area (Å²) in [4.78, 5) is 21.4. The van der Waals surface area contributed by atoms with Crippen LogP contribution in [0, 0.1) is 0 Å². The Morgan fingerprint density at radius 3 is 0.821 bits per heavy atom. The van der Waals surface area contributed by atoms with Crippen LogP contribution in [0.5, 0.6) is 0 Å². The number of hydrogen-bond donors (Lipinski definition) is 0. The molecule has 6 heterocycles. The molecule has 21 rings (SSSR count). The van der Waals surface area contributed by atoms with Crippen LogP contribution >= 0.6 is 0 Å². The molecule has 21 aromatic rings. The van der Waals surface area contributed by atoms with Gasteiger partial charge in [-0.15, -0.1) is 0 Å². The van der Waals surface area contributed by atoms with Crippen molar-refractivity contribution in [1.29, 1.82) is 0 Å². The molecule has 0 aliphatic rings. The molecule has 0 unspecified atom stereocenters. The first kappa shape index (κ1) is 61.5. The molecule has 0 N–H and O–H groups in total. The smallest absolute Gasteiger partial charge is 0.162 e. The Bertz CT molecular complexity index is 6780. The van der Waals surface area contributed by atoms with Gasteiger partial charge in [0.05, 0.1) is 55.5 Å². The molecule has 0 radical (unpaired) electrons. The summed E-state index contributed by atoms with van der Waals surface area (Å²) in [7, 11) is 0. The van der Waals surface area contributed by atoms with Crippen molar-refractivity contribution in [3.8, 4) is 102 Å². The highest BCUT2D eigenvalue weighted by Gasteiger charge is 2.26. The molecule has 0 aliphatic carbocycles. The van der Waals surface area contributed by atoms with Crippen LogP contribution in [-0.4, -0.2) is 38.2 Å². The summed E-state index contributed by atoms with van der Waals surface area (Å²) in [5.41, 5.74) is 24.0. The van der Waals surface area contributed by atoms with Gasteiger partial charge in [-0.3, -0.25) is 9.13 Å². The first-order valence-corrected chi connectivity index (χ1v) is 35.9. The molecule has 0 saturated carbocycles. The molecule has 0 atom stereocenters. The quantitative estimate of drug-likeness (QED) is 0.129. The van der Waals surface area contributed by atoms with E-state index >= 15 is 0 Å². The minimum absolute atomic E-state index is 0.672. The van der Waals surface area contributed by atoms with Gasteiger partial charge in [0.15, 0.2) is 11.6 Å². The molecule has 0 fully saturated rings. The van der Waals surface area contributed by atoms with E-state index in [0.717, 1.165) is 106 Å². The van der Waals surface area contributed by atoms with E-state index in [-0.39, 0.29) is 0 Å². The van der Waals surface area contributed by atoms with Gasteiger partial charge in [-0.1, -0.05) is 322 Å². The number of aromatic nitrogens is 8. The van der Waals surface area contributed by atoms with Crippen molar-refractivity contribution in [2.24, 2.45) is 0 Å². The first-order valence-electron chi connectivity index (χ1n) is 35.9. The van der Waals surface area contributed by atoms with Gasteiger partial charge in [-0.25, -0.2) is 19.9 Å². The lowest BCUT2D eigenvalue weighted by atomic mass is 10.0. The Kier molecular flexibility index (Phi) is 15.0. The Morgan fingerprint density at radius 2 is 0.425 bits per heavy atom. The predicted molar refractivity (Wildman–Crippen MR) is 439 cm³/mol. The van der Waals surface area contributed by atoms with Crippen molar-refractivity contribution >= 4 is 87.2 Å². The second-order valence-corrected chi connectivity index (χ2v) is 26.9. The first-order chi connectivity index (χ1) is 52.6. The van der Waals surface area contributed by atoms with Crippen molar-refractivity contribution in [2.75, 3.05) is 0 Å². The van der Waals surface area contributed by atoms with Gasteiger partial charge < -0.3 is 9.13 Å². The van der Waals surface area contributed by atoms with Gasteiger partial charge >= 0.3 is 0 Å². The van der Waals surface area contributed by atoms with E-state index < -0.39 is 0 Å². The Balaban J connectivity index is 0.000000141. The number of rotatable bonds is 11. The topological polar surface area (TPSA) is 71.3 Å². The van der Waals surface area contributed by atoms with E-state index in [0.29, 0.717) is 11.6 Å². The number of fused-ring (bicyclic) bond motifs is 14. The Labute approximate surface area is 611 Å². The molecule has 8 nitrogen and oxygen atoms in total. The van der Waals surface area contributed by atoms with Crippen molar-refractivity contribution < 1.29 is 0 Å². The molecule has 106 heavy (non-hydrogen) atoms. The van der Waals surface area contributed by atoms with E-state index in [9.17, 15) is 0 Å². The third-order valence-corrected chi connectivity index (χ3v) is 20.7. The number of nitrogens with zero attached hydrogens (tertiary/aromatic N) is 8. The van der Waals surface area contributed by atoms with Crippen LogP contribution in [0.25, 0.3) is 189 Å². The van der Waals surface area contributed by atoms with E-state index in [2.05, 4.69) is 388 Å². The number of benzene rings is 15. The van der Waals surface area contributed by atoms with E-state index in [1.807, 2.05) is 18.2 Å². The average Bonchev–Trinajstić information content (AvgIpc) is 1.55. The molecule has 0 spiro atoms. The minimum Gasteiger partial charge on any atom is -0.307 e. The lowest BCUT2D eigenvalue weighted by molar-refractivity contribution is 1.05. The van der Waals surface area contributed by atoms with Crippen LogP contribution in [0.4, 0.5) is 0 Å². The maximum absolute atomic E-state index is 5.45.